The molecule has 0 aromatic heterocycles. The predicted molar refractivity (Wildman–Crippen MR) is 331 cm³/mol. The van der Waals surface area contributed by atoms with Crippen LogP contribution in [0.1, 0.15) is 200 Å². The van der Waals surface area contributed by atoms with Crippen LogP contribution in [0.5, 0.6) is 0 Å². The quantitative estimate of drug-likeness (QED) is 0.0345. The average Bonchev–Trinajstić information content (AvgIpc) is 1.81. The Kier molecular flexibility index (Phi) is 37.8. The molecule has 1 saturated heterocycles. The molecule has 1 rings (SSSR count). The summed E-state index contributed by atoms with van der Waals surface area (Å²) in [6.07, 6.45) is 3.25. The van der Waals surface area contributed by atoms with Gasteiger partial charge in [-0.2, -0.15) is 0 Å². The van der Waals surface area contributed by atoms with E-state index in [0.29, 0.717) is 12.8 Å². The summed E-state index contributed by atoms with van der Waals surface area (Å²) < 4.78 is 5.84. The molecule has 0 spiro atoms. The molecular formula is C62H110N10O17. The fraction of sp³-hybridized carbons (Fsp3) is 0.806. The van der Waals surface area contributed by atoms with Gasteiger partial charge >= 0.3 is 11.9 Å². The third-order valence-corrected chi connectivity index (χ3v) is 15.2. The molecule has 1 aliphatic rings. The molecule has 89 heavy (non-hydrogen) atoms. The van der Waals surface area contributed by atoms with Crippen LogP contribution in [0.4, 0.5) is 0 Å². The van der Waals surface area contributed by atoms with Crippen molar-refractivity contribution in [3.05, 3.63) is 0 Å². The number of carbonyl (C=O) groups excluding carboxylic acids is 11. The lowest BCUT2D eigenvalue weighted by Crippen LogP contribution is -2.63. The van der Waals surface area contributed by atoms with Crippen molar-refractivity contribution in [3.63, 3.8) is 0 Å². The Morgan fingerprint density at radius 2 is 0.955 bits per heavy atom. The van der Waals surface area contributed by atoms with Crippen molar-refractivity contribution in [2.75, 3.05) is 13.2 Å². The maximum Gasteiger partial charge on any atom is 0.329 e. The number of aliphatic carboxylic acids is 1. The molecule has 27 heteroatoms. The Balaban J connectivity index is 4.08. The Hall–Kier alpha value is -6.48. The number of aliphatic hydroxyl groups is 3. The molecule has 0 saturated carbocycles. The van der Waals surface area contributed by atoms with Crippen molar-refractivity contribution in [3.8, 4) is 0 Å². The van der Waals surface area contributed by atoms with Crippen molar-refractivity contribution in [2.24, 2.45) is 35.5 Å². The fourth-order valence-corrected chi connectivity index (χ4v) is 9.94. The van der Waals surface area contributed by atoms with Gasteiger partial charge in [0.25, 0.3) is 0 Å². The third kappa shape index (κ3) is 30.7. The second kappa shape index (κ2) is 41.7. The van der Waals surface area contributed by atoms with Gasteiger partial charge in [-0.3, -0.25) is 52.7 Å². The first-order valence-corrected chi connectivity index (χ1v) is 32.0. The number of amides is 10. The minimum atomic E-state index is -1.99. The summed E-state index contributed by atoms with van der Waals surface area (Å²) in [5, 5.41) is 66.9. The maximum absolute atomic E-state index is 14.9. The molecule has 14 N–H and O–H groups in total. The van der Waals surface area contributed by atoms with E-state index in [1.165, 1.54) is 20.8 Å². The van der Waals surface area contributed by atoms with Gasteiger partial charge in [0.2, 0.25) is 59.1 Å². The van der Waals surface area contributed by atoms with Crippen LogP contribution in [0, 0.1) is 35.5 Å². The van der Waals surface area contributed by atoms with Crippen LogP contribution in [0.2, 0.25) is 0 Å². The number of rotatable bonds is 31. The zero-order valence-electron chi connectivity index (χ0n) is 55.2. The van der Waals surface area contributed by atoms with Gasteiger partial charge in [0.05, 0.1) is 25.7 Å². The number of ether oxygens (including phenoxy) is 1. The minimum absolute atomic E-state index is 0.00519. The highest BCUT2D eigenvalue weighted by atomic mass is 16.5. The predicted octanol–water partition coefficient (Wildman–Crippen LogP) is 1.41. The molecule has 10 amide bonds. The van der Waals surface area contributed by atoms with E-state index in [-0.39, 0.29) is 62.2 Å². The Bertz CT molecular complexity index is 2300. The molecule has 13 unspecified atom stereocenters. The molecule has 0 aromatic rings. The minimum Gasteiger partial charge on any atom is -0.481 e. The normalized spacial score (nSPS) is 23.9. The van der Waals surface area contributed by atoms with Crippen molar-refractivity contribution in [2.45, 2.75) is 272 Å². The summed E-state index contributed by atoms with van der Waals surface area (Å²) in [5.41, 5.74) is 0. The summed E-state index contributed by atoms with van der Waals surface area (Å²) in [7, 11) is 0. The van der Waals surface area contributed by atoms with Gasteiger partial charge in [-0.25, -0.2) is 4.79 Å². The topological polar surface area (TPSA) is 415 Å². The number of cyclic esters (lactones) is 1. The van der Waals surface area contributed by atoms with Crippen LogP contribution in [0.15, 0.2) is 0 Å². The van der Waals surface area contributed by atoms with Gasteiger partial charge in [0, 0.05) is 6.42 Å². The van der Waals surface area contributed by atoms with E-state index in [0.717, 1.165) is 38.5 Å². The first kappa shape index (κ1) is 80.5. The standard InChI is InChI=1S/C62H110N10O17/c1-15-17-18-19-20-21-22-23-40(75)30-48(76)63-42(26-33(3)4)54(80)64-41(24-25-49(77)78)53(79)72-52-39(14)89-62(88)50(37(11)12)70-59(85)47(32-74)69-56(82)44(28-35(7)8)65-55(81)43(27-34(5)6)66-58(84)46(31-73)68-57(83)45(29-36(9)10)67-60(86)51(38(13)16-2)71-61(52)87/h33-47,50-52,73-75H,15-32H2,1-14H3,(H,63,76)(H,64,80)(H,65,81)(H,66,84)(H,67,86)(H,68,83)(H,69,82)(H,70,85)(H,71,87)(H,72,79)(H,77,78). The van der Waals surface area contributed by atoms with E-state index < -0.39 is 182 Å². The largest absolute Gasteiger partial charge is 0.481 e. The zero-order valence-corrected chi connectivity index (χ0v) is 55.2. The SMILES string of the molecule is CCCCCCCCCC(O)CC(=O)NC(CC(C)C)C(=O)NC(CCC(=O)O)C(=O)NC1C(=O)NC(C(C)CC)C(=O)NC(CC(C)C)C(=O)NC(CO)C(=O)NC(CC(C)C)C(=O)NC(CC(C)C)C(=O)NC(CO)C(=O)NC(C(C)C)C(=O)OC1C. The van der Waals surface area contributed by atoms with Crippen LogP contribution < -0.4 is 53.2 Å². The summed E-state index contributed by atoms with van der Waals surface area (Å²) in [4.78, 5) is 168. The van der Waals surface area contributed by atoms with Crippen molar-refractivity contribution in [1.82, 2.24) is 53.2 Å². The Morgan fingerprint density at radius 1 is 0.517 bits per heavy atom. The summed E-state index contributed by atoms with van der Waals surface area (Å²) in [6, 6.07) is -15.7. The number of carbonyl (C=O) groups is 12. The average molecular weight is 1270 g/mol. The van der Waals surface area contributed by atoms with E-state index >= 15 is 0 Å². The van der Waals surface area contributed by atoms with E-state index in [9.17, 15) is 78.0 Å². The van der Waals surface area contributed by atoms with Gasteiger partial charge in [0.1, 0.15) is 66.5 Å². The highest BCUT2D eigenvalue weighted by Gasteiger charge is 2.41. The number of aliphatic hydroxyl groups excluding tert-OH is 3. The third-order valence-electron chi connectivity index (χ3n) is 15.2. The monoisotopic (exact) mass is 1270 g/mol. The Morgan fingerprint density at radius 3 is 1.39 bits per heavy atom. The van der Waals surface area contributed by atoms with Gasteiger partial charge in [-0.1, -0.05) is 141 Å². The molecule has 1 fully saturated rings. The lowest BCUT2D eigenvalue weighted by Gasteiger charge is -2.32. The number of esters is 1. The molecule has 0 aromatic carbocycles. The van der Waals surface area contributed by atoms with Crippen molar-refractivity contribution >= 4 is 71.0 Å². The Labute approximate surface area is 526 Å². The molecule has 27 nitrogen and oxygen atoms in total. The molecule has 0 radical (unpaired) electrons. The number of hydrogen-bond donors (Lipinski definition) is 14. The first-order chi connectivity index (χ1) is 41.7. The van der Waals surface area contributed by atoms with Gasteiger partial charge in [-0.05, 0) is 81.0 Å². The van der Waals surface area contributed by atoms with Crippen molar-refractivity contribution < 1.29 is 82.7 Å². The zero-order chi connectivity index (χ0) is 67.8. The summed E-state index contributed by atoms with van der Waals surface area (Å²) in [6.45, 7) is 21.7. The van der Waals surface area contributed by atoms with Crippen LogP contribution in [0.3, 0.4) is 0 Å². The van der Waals surface area contributed by atoms with Gasteiger partial charge < -0.3 is 78.3 Å². The first-order valence-electron chi connectivity index (χ1n) is 32.0. The fourth-order valence-electron chi connectivity index (χ4n) is 9.94. The van der Waals surface area contributed by atoms with Crippen LogP contribution in [-0.2, 0) is 62.3 Å². The number of unbranched alkanes of at least 4 members (excludes halogenated alkanes) is 6. The van der Waals surface area contributed by atoms with E-state index in [1.807, 2.05) is 0 Å². The lowest BCUT2D eigenvalue weighted by atomic mass is 9.96. The second-order valence-electron chi connectivity index (χ2n) is 25.8. The number of hydrogen-bond acceptors (Lipinski definition) is 16. The lowest BCUT2D eigenvalue weighted by molar-refractivity contribution is -0.157. The molecule has 1 aliphatic heterocycles. The smallest absolute Gasteiger partial charge is 0.329 e. The molecule has 1 heterocycles. The number of nitrogens with one attached hydrogen (secondary N) is 10. The molecule has 0 bridgehead atoms. The number of carboxylic acids is 1. The van der Waals surface area contributed by atoms with Crippen LogP contribution >= 0.6 is 0 Å². The van der Waals surface area contributed by atoms with E-state index in [1.54, 1.807) is 69.2 Å². The van der Waals surface area contributed by atoms with E-state index in [2.05, 4.69) is 60.1 Å². The molecule has 510 valence electrons. The van der Waals surface area contributed by atoms with Gasteiger partial charge in [-0.15, -0.1) is 0 Å². The summed E-state index contributed by atoms with van der Waals surface area (Å²) in [5.74, 6) is -14.7. The van der Waals surface area contributed by atoms with Crippen molar-refractivity contribution in [1.29, 1.82) is 0 Å². The highest BCUT2D eigenvalue weighted by Crippen LogP contribution is 2.18. The maximum atomic E-state index is 14.9. The number of carboxylic acid groups (broad SMARTS) is 1. The van der Waals surface area contributed by atoms with Gasteiger partial charge in [0.15, 0.2) is 0 Å². The summed E-state index contributed by atoms with van der Waals surface area (Å²) >= 11 is 0. The van der Waals surface area contributed by atoms with E-state index in [4.69, 9.17) is 4.74 Å². The van der Waals surface area contributed by atoms with Crippen LogP contribution in [0.25, 0.3) is 0 Å². The molecule has 0 aliphatic carbocycles. The highest BCUT2D eigenvalue weighted by molar-refractivity contribution is 5.99. The second-order valence-corrected chi connectivity index (χ2v) is 25.8. The van der Waals surface area contributed by atoms with Crippen LogP contribution in [-0.4, -0.2) is 177 Å². The molecule has 13 atom stereocenters. The molecular weight excluding hydrogens is 1160 g/mol.